The molecule has 15 heavy (non-hydrogen) atoms. The first-order valence-corrected chi connectivity index (χ1v) is 5.40. The smallest absolute Gasteiger partial charge is 0.401 e. The summed E-state index contributed by atoms with van der Waals surface area (Å²) >= 11 is 6.88. The third-order valence-corrected chi connectivity index (χ3v) is 2.91. The van der Waals surface area contributed by atoms with Crippen LogP contribution in [0.5, 0.6) is 0 Å². The minimum atomic E-state index is -0.929. The molecule has 0 saturated heterocycles. The number of carboxylic acid groups (broad SMARTS) is 1. The van der Waals surface area contributed by atoms with E-state index in [9.17, 15) is 4.79 Å². The highest BCUT2D eigenvalue weighted by Crippen LogP contribution is 2.35. The number of nitrogens with zero attached hydrogens (tertiary/aromatic N) is 2. The van der Waals surface area contributed by atoms with Crippen molar-refractivity contribution in [2.24, 2.45) is 0 Å². The second kappa shape index (κ2) is 5.01. The van der Waals surface area contributed by atoms with Gasteiger partial charge in [0.25, 0.3) is 0 Å². The zero-order chi connectivity index (χ0) is 11.4. The van der Waals surface area contributed by atoms with Crippen LogP contribution in [0.1, 0.15) is 5.56 Å². The van der Waals surface area contributed by atoms with Crippen molar-refractivity contribution < 1.29 is 9.90 Å². The fourth-order valence-electron chi connectivity index (χ4n) is 1.08. The van der Waals surface area contributed by atoms with Gasteiger partial charge in [-0.15, -0.1) is 11.8 Å². The van der Waals surface area contributed by atoms with Crippen molar-refractivity contribution in [3.8, 4) is 0 Å². The summed E-state index contributed by atoms with van der Waals surface area (Å²) in [5, 5.41) is 17.8. The Bertz CT molecular complexity index is 442. The summed E-state index contributed by atoms with van der Waals surface area (Å²) in [4.78, 5) is 14.1. The number of thioether (sulfide) groups is 1. The molecule has 0 atom stereocenters. The monoisotopic (exact) mass is 243 g/mol. The average Bonchev–Trinajstić information content (AvgIpc) is 2.13. The molecule has 0 heterocycles. The Labute approximate surface area is 95.9 Å². The summed E-state index contributed by atoms with van der Waals surface area (Å²) in [5.74, 6) is -1.02. The third kappa shape index (κ3) is 3.11. The van der Waals surface area contributed by atoms with Crippen LogP contribution in [0, 0.1) is 12.3 Å². The summed E-state index contributed by atoms with van der Waals surface area (Å²) in [6.45, 7) is 1.74. The van der Waals surface area contributed by atoms with Gasteiger partial charge in [-0.25, -0.2) is 0 Å². The molecule has 78 valence electrons. The van der Waals surface area contributed by atoms with Gasteiger partial charge in [-0.2, -0.15) is 0 Å². The molecule has 0 aliphatic heterocycles. The minimum Gasteiger partial charge on any atom is -0.481 e. The summed E-state index contributed by atoms with van der Waals surface area (Å²) in [6, 6.07) is 3.23. The molecule has 1 aromatic carbocycles. The molecule has 1 aromatic rings. The lowest BCUT2D eigenvalue weighted by molar-refractivity contribution is -0.133. The fraction of sp³-hybridized carbons (Fsp3) is 0.222. The van der Waals surface area contributed by atoms with E-state index >= 15 is 0 Å². The number of benzene rings is 1. The maximum absolute atomic E-state index is 10.4. The Balaban J connectivity index is 3.05. The second-order valence-corrected chi connectivity index (χ2v) is 4.31. The molecule has 4 nitrogen and oxygen atoms in total. The topological polar surface area (TPSA) is 65.4 Å². The van der Waals surface area contributed by atoms with E-state index in [1.807, 2.05) is 0 Å². The van der Waals surface area contributed by atoms with Crippen molar-refractivity contribution in [3.05, 3.63) is 27.7 Å². The number of carboxylic acids is 1. The number of halogens is 1. The SMILES string of the molecule is Cc1cc(Cl)cc(SCC(=O)O)c1[N+]#N. The van der Waals surface area contributed by atoms with Crippen molar-refractivity contribution in [1.82, 2.24) is 0 Å². The number of rotatable bonds is 3. The standard InChI is InChI=1S/C9H7ClN2O2S/c1-5-2-6(10)3-7(9(5)12-11)15-4-8(13)14/h2-3H,4H2,1H3/p+1. The lowest BCUT2D eigenvalue weighted by Gasteiger charge is -1.98. The zero-order valence-electron chi connectivity index (χ0n) is 7.90. The molecule has 0 saturated carbocycles. The number of carbonyl (C=O) groups is 1. The Hall–Kier alpha value is -1.25. The van der Waals surface area contributed by atoms with Gasteiger partial charge in [0.2, 0.25) is 5.39 Å². The minimum absolute atomic E-state index is 0.0949. The van der Waals surface area contributed by atoms with E-state index in [1.54, 1.807) is 19.1 Å². The highest BCUT2D eigenvalue weighted by molar-refractivity contribution is 8.00. The normalized spacial score (nSPS) is 9.67. The number of hydrogen-bond acceptors (Lipinski definition) is 3. The van der Waals surface area contributed by atoms with Crippen LogP contribution in [-0.2, 0) is 4.79 Å². The third-order valence-electron chi connectivity index (χ3n) is 1.68. The van der Waals surface area contributed by atoms with E-state index in [1.165, 1.54) is 0 Å². The highest BCUT2D eigenvalue weighted by atomic mass is 35.5. The molecule has 1 rings (SSSR count). The number of aryl methyl sites for hydroxylation is 1. The molecule has 6 heteroatoms. The molecular formula is C9H8ClN2O2S+. The van der Waals surface area contributed by atoms with Crippen LogP contribution in [0.25, 0.3) is 4.98 Å². The summed E-state index contributed by atoms with van der Waals surface area (Å²) in [7, 11) is 0. The fourth-order valence-corrected chi connectivity index (χ4v) is 2.25. The number of diazo groups is 1. The van der Waals surface area contributed by atoms with Crippen LogP contribution in [-0.4, -0.2) is 16.8 Å². The van der Waals surface area contributed by atoms with Gasteiger partial charge >= 0.3 is 11.7 Å². The van der Waals surface area contributed by atoms with Gasteiger partial charge in [-0.3, -0.25) is 4.79 Å². The van der Waals surface area contributed by atoms with E-state index in [-0.39, 0.29) is 5.75 Å². The van der Waals surface area contributed by atoms with Crippen LogP contribution in [0.3, 0.4) is 0 Å². The maximum atomic E-state index is 10.4. The number of hydrogen-bond donors (Lipinski definition) is 1. The first-order chi connectivity index (χ1) is 7.04. The molecule has 0 spiro atoms. The first-order valence-electron chi connectivity index (χ1n) is 4.04. The van der Waals surface area contributed by atoms with E-state index < -0.39 is 5.97 Å². The maximum Gasteiger partial charge on any atom is 0.401 e. The Morgan fingerprint density at radius 2 is 2.33 bits per heavy atom. The van der Waals surface area contributed by atoms with Crippen molar-refractivity contribution in [1.29, 1.82) is 5.39 Å². The van der Waals surface area contributed by atoms with Crippen molar-refractivity contribution in [3.63, 3.8) is 0 Å². The van der Waals surface area contributed by atoms with E-state index in [2.05, 4.69) is 4.98 Å². The highest BCUT2D eigenvalue weighted by Gasteiger charge is 2.19. The zero-order valence-corrected chi connectivity index (χ0v) is 9.47. The lowest BCUT2D eigenvalue weighted by Crippen LogP contribution is -1.97. The summed E-state index contributed by atoms with van der Waals surface area (Å²) in [5.41, 5.74) is 1.07. The Morgan fingerprint density at radius 1 is 1.67 bits per heavy atom. The molecule has 0 aliphatic rings. The predicted molar refractivity (Wildman–Crippen MR) is 59.3 cm³/mol. The van der Waals surface area contributed by atoms with Crippen LogP contribution >= 0.6 is 23.4 Å². The molecule has 0 amide bonds. The van der Waals surface area contributed by atoms with Gasteiger partial charge in [0.1, 0.15) is 4.90 Å². The molecule has 0 aliphatic carbocycles. The van der Waals surface area contributed by atoms with Crippen LogP contribution < -0.4 is 0 Å². The van der Waals surface area contributed by atoms with E-state index in [0.29, 0.717) is 21.2 Å². The summed E-state index contributed by atoms with van der Waals surface area (Å²) in [6.07, 6.45) is 0. The quantitative estimate of drug-likeness (QED) is 0.653. The Kier molecular flexibility index (Phi) is 3.95. The Morgan fingerprint density at radius 3 is 2.87 bits per heavy atom. The lowest BCUT2D eigenvalue weighted by atomic mass is 10.2. The molecule has 0 unspecified atom stereocenters. The van der Waals surface area contributed by atoms with Gasteiger partial charge in [0, 0.05) is 10.6 Å². The van der Waals surface area contributed by atoms with Gasteiger partial charge in [-0.1, -0.05) is 11.6 Å². The van der Waals surface area contributed by atoms with Gasteiger partial charge in [0.15, 0.2) is 4.98 Å². The molecule has 1 N–H and O–H groups in total. The van der Waals surface area contributed by atoms with Crippen LogP contribution in [0.2, 0.25) is 5.02 Å². The predicted octanol–water partition coefficient (Wildman–Crippen LogP) is 3.31. The molecular weight excluding hydrogens is 236 g/mol. The van der Waals surface area contributed by atoms with Crippen molar-refractivity contribution in [2.45, 2.75) is 11.8 Å². The van der Waals surface area contributed by atoms with Gasteiger partial charge < -0.3 is 5.11 Å². The van der Waals surface area contributed by atoms with Gasteiger partial charge in [-0.05, 0) is 19.1 Å². The summed E-state index contributed by atoms with van der Waals surface area (Å²) < 4.78 is 0. The van der Waals surface area contributed by atoms with Gasteiger partial charge in [0.05, 0.1) is 5.75 Å². The average molecular weight is 244 g/mol. The second-order valence-electron chi connectivity index (χ2n) is 2.85. The number of aliphatic carboxylic acids is 1. The largest absolute Gasteiger partial charge is 0.481 e. The molecule has 0 fully saturated rings. The van der Waals surface area contributed by atoms with E-state index in [0.717, 1.165) is 11.8 Å². The van der Waals surface area contributed by atoms with E-state index in [4.69, 9.17) is 22.1 Å². The van der Waals surface area contributed by atoms with Crippen LogP contribution in [0.15, 0.2) is 17.0 Å². The molecule has 0 radical (unpaired) electrons. The molecule has 0 aromatic heterocycles. The molecule has 0 bridgehead atoms. The van der Waals surface area contributed by atoms with Crippen molar-refractivity contribution in [2.75, 3.05) is 5.75 Å². The van der Waals surface area contributed by atoms with Crippen molar-refractivity contribution >= 4 is 35.0 Å². The first kappa shape index (κ1) is 11.8. The van der Waals surface area contributed by atoms with Crippen LogP contribution in [0.4, 0.5) is 5.69 Å².